The molecule has 0 amide bonds. The van der Waals surface area contributed by atoms with E-state index in [1.165, 1.54) is 30.5 Å². The van der Waals surface area contributed by atoms with Gasteiger partial charge in [-0.05, 0) is 31.2 Å². The number of rotatable bonds is 2. The molecule has 114 valence electrons. The van der Waals surface area contributed by atoms with E-state index in [0.717, 1.165) is 5.56 Å². The topological polar surface area (TPSA) is 104 Å². The van der Waals surface area contributed by atoms with Crippen molar-refractivity contribution in [2.75, 3.05) is 0 Å². The van der Waals surface area contributed by atoms with Crippen LogP contribution in [0.25, 0.3) is 11.0 Å². The van der Waals surface area contributed by atoms with Crippen molar-refractivity contribution in [3.63, 3.8) is 0 Å². The number of aromatic nitrogens is 2. The van der Waals surface area contributed by atoms with Crippen LogP contribution in [0.3, 0.4) is 0 Å². The molecule has 6 nitrogen and oxygen atoms in total. The lowest BCUT2D eigenvalue weighted by atomic mass is 10.2. The minimum absolute atomic E-state index is 0.0720. The first kappa shape index (κ1) is 14.9. The first-order valence-electron chi connectivity index (χ1n) is 6.68. The van der Waals surface area contributed by atoms with Crippen molar-refractivity contribution in [1.29, 1.82) is 5.26 Å². The summed E-state index contributed by atoms with van der Waals surface area (Å²) in [6.45, 7) is 1.85. The van der Waals surface area contributed by atoms with Crippen LogP contribution in [-0.2, 0) is 9.84 Å². The molecule has 0 bridgehead atoms. The number of sulfone groups is 1. The van der Waals surface area contributed by atoms with E-state index in [9.17, 15) is 13.2 Å². The van der Waals surface area contributed by atoms with Crippen LogP contribution in [0.2, 0.25) is 0 Å². The number of nitrogens with one attached hydrogen (secondary N) is 1. The second-order valence-corrected chi connectivity index (χ2v) is 6.90. The predicted molar refractivity (Wildman–Crippen MR) is 83.7 cm³/mol. The van der Waals surface area contributed by atoms with Crippen LogP contribution >= 0.6 is 0 Å². The lowest BCUT2D eigenvalue weighted by Crippen LogP contribution is -2.12. The van der Waals surface area contributed by atoms with Crippen molar-refractivity contribution >= 4 is 20.9 Å². The fraction of sp³-hybridized carbons (Fsp3) is 0.0625. The van der Waals surface area contributed by atoms with Crippen molar-refractivity contribution in [2.24, 2.45) is 0 Å². The molecule has 3 rings (SSSR count). The van der Waals surface area contributed by atoms with Crippen LogP contribution in [0, 0.1) is 18.3 Å². The first-order valence-corrected chi connectivity index (χ1v) is 8.16. The van der Waals surface area contributed by atoms with Gasteiger partial charge in [0, 0.05) is 6.20 Å². The van der Waals surface area contributed by atoms with Gasteiger partial charge in [0.2, 0.25) is 15.3 Å². The molecular weight excluding hydrogens is 314 g/mol. The number of nitrogens with zero attached hydrogens (tertiary/aromatic N) is 2. The number of nitriles is 1. The standard InChI is InChI=1S/C16H11N3O3S/c1-10-2-4-12(5-3-10)23(21,22)14-7-6-13-15(19-14)16(20)11(8-17)9-18-13/h2-7,9H,1H3,(H,18,20). The second kappa shape index (κ2) is 5.34. The molecule has 2 aromatic heterocycles. The average Bonchev–Trinajstić information content (AvgIpc) is 2.55. The highest BCUT2D eigenvalue weighted by Crippen LogP contribution is 2.20. The highest BCUT2D eigenvalue weighted by atomic mass is 32.2. The molecule has 0 saturated heterocycles. The van der Waals surface area contributed by atoms with Gasteiger partial charge in [-0.3, -0.25) is 4.79 Å². The number of aromatic amines is 1. The smallest absolute Gasteiger partial charge is 0.225 e. The van der Waals surface area contributed by atoms with Gasteiger partial charge in [0.1, 0.15) is 17.1 Å². The molecule has 0 radical (unpaired) electrons. The van der Waals surface area contributed by atoms with Gasteiger partial charge in [-0.25, -0.2) is 13.4 Å². The van der Waals surface area contributed by atoms with Crippen LogP contribution in [0.5, 0.6) is 0 Å². The van der Waals surface area contributed by atoms with Crippen LogP contribution in [0.4, 0.5) is 0 Å². The fourth-order valence-electron chi connectivity index (χ4n) is 2.14. The molecule has 1 aromatic carbocycles. The maximum atomic E-state index is 12.6. The van der Waals surface area contributed by atoms with Crippen molar-refractivity contribution in [2.45, 2.75) is 16.8 Å². The Hall–Kier alpha value is -2.98. The lowest BCUT2D eigenvalue weighted by Gasteiger charge is -2.05. The Kier molecular flexibility index (Phi) is 3.47. The third kappa shape index (κ3) is 2.49. The first-order chi connectivity index (χ1) is 10.9. The third-order valence-corrected chi connectivity index (χ3v) is 5.10. The highest BCUT2D eigenvalue weighted by molar-refractivity contribution is 7.91. The molecule has 0 spiro atoms. The summed E-state index contributed by atoms with van der Waals surface area (Å²) in [7, 11) is -3.83. The summed E-state index contributed by atoms with van der Waals surface area (Å²) in [5.74, 6) is 0. The SMILES string of the molecule is Cc1ccc(S(=O)(=O)c2ccc3[nH]cc(C#N)c(=O)c3n2)cc1. The van der Waals surface area contributed by atoms with Crippen LogP contribution < -0.4 is 5.43 Å². The zero-order valence-corrected chi connectivity index (χ0v) is 12.9. The van der Waals surface area contributed by atoms with Crippen molar-refractivity contribution in [1.82, 2.24) is 9.97 Å². The van der Waals surface area contributed by atoms with E-state index in [2.05, 4.69) is 9.97 Å². The zero-order chi connectivity index (χ0) is 16.6. The Balaban J connectivity index is 2.24. The fourth-order valence-corrected chi connectivity index (χ4v) is 3.34. The lowest BCUT2D eigenvalue weighted by molar-refractivity contribution is 0.593. The molecular formula is C16H11N3O3S. The Labute approximate surface area is 132 Å². The number of aryl methyl sites for hydroxylation is 1. The minimum Gasteiger partial charge on any atom is -0.358 e. The molecule has 0 aliphatic rings. The molecule has 0 saturated carbocycles. The Morgan fingerprint density at radius 2 is 1.83 bits per heavy atom. The molecule has 3 aromatic rings. The summed E-state index contributed by atoms with van der Waals surface area (Å²) in [6.07, 6.45) is 1.28. The molecule has 0 aliphatic heterocycles. The number of H-pyrrole nitrogens is 1. The van der Waals surface area contributed by atoms with E-state index in [-0.39, 0.29) is 21.0 Å². The van der Waals surface area contributed by atoms with Gasteiger partial charge in [0.15, 0.2) is 5.03 Å². The average molecular weight is 325 g/mol. The van der Waals surface area contributed by atoms with Crippen LogP contribution in [-0.4, -0.2) is 18.4 Å². The molecule has 0 unspecified atom stereocenters. The third-order valence-electron chi connectivity index (χ3n) is 3.43. The maximum Gasteiger partial charge on any atom is 0.225 e. The molecule has 0 atom stereocenters. The van der Waals surface area contributed by atoms with Gasteiger partial charge < -0.3 is 4.98 Å². The van der Waals surface area contributed by atoms with E-state index >= 15 is 0 Å². The van der Waals surface area contributed by atoms with E-state index < -0.39 is 15.3 Å². The summed E-state index contributed by atoms with van der Waals surface area (Å²) in [5, 5.41) is 8.67. The zero-order valence-electron chi connectivity index (χ0n) is 12.1. The van der Waals surface area contributed by atoms with Gasteiger partial charge in [-0.1, -0.05) is 17.7 Å². The maximum absolute atomic E-state index is 12.6. The number of benzene rings is 1. The van der Waals surface area contributed by atoms with Gasteiger partial charge in [0.25, 0.3) is 0 Å². The van der Waals surface area contributed by atoms with Crippen LogP contribution in [0.15, 0.2) is 57.3 Å². The number of pyridine rings is 2. The van der Waals surface area contributed by atoms with Crippen LogP contribution in [0.1, 0.15) is 11.1 Å². The summed E-state index contributed by atoms with van der Waals surface area (Å²) in [5.41, 5.74) is 0.525. The van der Waals surface area contributed by atoms with E-state index in [1.54, 1.807) is 18.2 Å². The molecule has 1 N–H and O–H groups in total. The number of hydrogen-bond acceptors (Lipinski definition) is 5. The Bertz CT molecular complexity index is 1110. The van der Waals surface area contributed by atoms with Crippen molar-refractivity contribution in [3.8, 4) is 6.07 Å². The summed E-state index contributed by atoms with van der Waals surface area (Å²) in [6, 6.07) is 10.9. The molecule has 7 heteroatoms. The Morgan fingerprint density at radius 3 is 2.48 bits per heavy atom. The molecule has 23 heavy (non-hydrogen) atoms. The van der Waals surface area contributed by atoms with E-state index in [1.807, 2.05) is 6.92 Å². The van der Waals surface area contributed by atoms with Crippen molar-refractivity contribution < 1.29 is 8.42 Å². The quantitative estimate of drug-likeness (QED) is 0.775. The molecule has 2 heterocycles. The number of fused-ring (bicyclic) bond motifs is 1. The summed E-state index contributed by atoms with van der Waals surface area (Å²) >= 11 is 0. The van der Waals surface area contributed by atoms with Gasteiger partial charge >= 0.3 is 0 Å². The second-order valence-electron chi connectivity index (χ2n) is 5.01. The summed E-state index contributed by atoms with van der Waals surface area (Å²) < 4.78 is 25.2. The molecule has 0 fully saturated rings. The largest absolute Gasteiger partial charge is 0.358 e. The van der Waals surface area contributed by atoms with Gasteiger partial charge in [-0.15, -0.1) is 0 Å². The predicted octanol–water partition coefficient (Wildman–Crippen LogP) is 1.94. The van der Waals surface area contributed by atoms with Gasteiger partial charge in [-0.2, -0.15) is 5.26 Å². The monoisotopic (exact) mass is 325 g/mol. The molecule has 0 aliphatic carbocycles. The normalized spacial score (nSPS) is 11.3. The van der Waals surface area contributed by atoms with E-state index in [0.29, 0.717) is 5.52 Å². The number of hydrogen-bond donors (Lipinski definition) is 1. The minimum atomic E-state index is -3.83. The Morgan fingerprint density at radius 1 is 1.13 bits per heavy atom. The van der Waals surface area contributed by atoms with Crippen molar-refractivity contribution in [3.05, 3.63) is 63.9 Å². The van der Waals surface area contributed by atoms with E-state index in [4.69, 9.17) is 5.26 Å². The summed E-state index contributed by atoms with van der Waals surface area (Å²) in [4.78, 5) is 18.9. The van der Waals surface area contributed by atoms with Gasteiger partial charge in [0.05, 0.1) is 10.4 Å². The highest BCUT2D eigenvalue weighted by Gasteiger charge is 2.20.